The highest BCUT2D eigenvalue weighted by Crippen LogP contribution is 1.85. The molecule has 0 aliphatic rings. The van der Waals surface area contributed by atoms with Gasteiger partial charge >= 0.3 is 0 Å². The first-order valence-corrected chi connectivity index (χ1v) is 6.63. The van der Waals surface area contributed by atoms with Crippen LogP contribution < -0.4 is 0 Å². The molecule has 0 aliphatic heterocycles. The summed E-state index contributed by atoms with van der Waals surface area (Å²) in [5.74, 6) is 0. The van der Waals surface area contributed by atoms with Gasteiger partial charge in [0, 0.05) is 56.4 Å². The van der Waals surface area contributed by atoms with Gasteiger partial charge in [0.05, 0.1) is 0 Å². The number of hydrogen-bond donors (Lipinski definition) is 0. The minimum atomic E-state index is 0. The summed E-state index contributed by atoms with van der Waals surface area (Å²) in [6.07, 6.45) is 1.50. The maximum atomic E-state index is 9.43. The van der Waals surface area contributed by atoms with E-state index < -0.39 is 0 Å². The Morgan fingerprint density at radius 1 is 0.846 bits per heavy atom. The van der Waals surface area contributed by atoms with Crippen molar-refractivity contribution in [1.29, 1.82) is 0 Å². The molecule has 0 saturated carbocycles. The average molecular weight is 387 g/mol. The summed E-state index contributed by atoms with van der Waals surface area (Å²) in [7, 11) is 6.75. The van der Waals surface area contributed by atoms with Gasteiger partial charge in [-0.15, -0.1) is 17.0 Å². The Labute approximate surface area is 105 Å². The smallest absolute Gasteiger partial charge is 0.209 e. The lowest BCUT2D eigenvalue weighted by atomic mass is 11.0. The van der Waals surface area contributed by atoms with E-state index in [4.69, 9.17) is 0 Å². The Morgan fingerprint density at radius 3 is 0.923 bits per heavy atom. The second-order valence-electron chi connectivity index (χ2n) is 2.14. The number of nitrogens with zero attached hydrogens (tertiary/aromatic N) is 2. The van der Waals surface area contributed by atoms with Crippen LogP contribution in [0.5, 0.6) is 0 Å². The normalized spacial score (nSPS) is 5.69. The van der Waals surface area contributed by atoms with Gasteiger partial charge in [0.25, 0.3) is 0 Å². The van der Waals surface area contributed by atoms with Crippen LogP contribution >= 0.6 is 45.2 Å². The molecule has 0 saturated heterocycles. The van der Waals surface area contributed by atoms with Crippen molar-refractivity contribution in [3.8, 4) is 0 Å². The molecule has 0 heterocycles. The average Bonchev–Trinajstić information content (AvgIpc) is 2.09. The summed E-state index contributed by atoms with van der Waals surface area (Å²) in [4.78, 5) is 21.8. The largest absolute Gasteiger partial charge is 0.351 e. The van der Waals surface area contributed by atoms with Gasteiger partial charge in [-0.05, 0) is 0 Å². The molecule has 0 atom stereocenters. The van der Waals surface area contributed by atoms with E-state index in [1.54, 1.807) is 28.2 Å². The zero-order valence-corrected chi connectivity index (χ0v) is 12.9. The van der Waals surface area contributed by atoms with Crippen LogP contribution in [-0.2, 0) is 9.59 Å². The highest BCUT2D eigenvalue weighted by atomic mass is 80.9. The van der Waals surface area contributed by atoms with Crippen LogP contribution in [0.3, 0.4) is 0 Å². The van der Waals surface area contributed by atoms with E-state index >= 15 is 0 Å². The molecule has 0 N–H and O–H groups in total. The minimum absolute atomic E-state index is 0. The van der Waals surface area contributed by atoms with Crippen LogP contribution in [-0.4, -0.2) is 50.8 Å². The summed E-state index contributed by atoms with van der Waals surface area (Å²) < 4.78 is 0. The van der Waals surface area contributed by atoms with Crippen LogP contribution in [0.15, 0.2) is 0 Å². The predicted octanol–water partition coefficient (Wildman–Crippen LogP) is 1.68. The predicted molar refractivity (Wildman–Crippen MR) is 67.7 cm³/mol. The standard InChI is InChI=1S/2C3H7NO.Br2.BrH/c2*1-4(2)3-5;1-2;/h2*3H,1-2H3;;1H. The van der Waals surface area contributed by atoms with Gasteiger partial charge in [-0.2, -0.15) is 0 Å². The van der Waals surface area contributed by atoms with Crippen molar-refractivity contribution in [1.82, 2.24) is 9.80 Å². The first kappa shape index (κ1) is 23.3. The molecule has 0 aromatic rings. The van der Waals surface area contributed by atoms with Crippen molar-refractivity contribution in [2.75, 3.05) is 28.2 Å². The van der Waals surface area contributed by atoms with Gasteiger partial charge < -0.3 is 9.80 Å². The quantitative estimate of drug-likeness (QED) is 0.677. The van der Waals surface area contributed by atoms with E-state index in [1.165, 1.54) is 9.80 Å². The van der Waals surface area contributed by atoms with Crippen LogP contribution in [0.2, 0.25) is 0 Å². The Kier molecular flexibility index (Phi) is 40.9. The highest BCUT2D eigenvalue weighted by Gasteiger charge is 1.68. The third-order valence-corrected chi connectivity index (χ3v) is 0.422. The van der Waals surface area contributed by atoms with Crippen molar-refractivity contribution in [2.45, 2.75) is 0 Å². The topological polar surface area (TPSA) is 40.6 Å². The molecule has 0 aromatic heterocycles. The van der Waals surface area contributed by atoms with Crippen molar-refractivity contribution < 1.29 is 9.59 Å². The number of hydrogen-bond acceptors (Lipinski definition) is 2. The van der Waals surface area contributed by atoms with Crippen molar-refractivity contribution in [3.05, 3.63) is 0 Å². The molecule has 7 heteroatoms. The van der Waals surface area contributed by atoms with E-state index in [-0.39, 0.29) is 17.0 Å². The van der Waals surface area contributed by atoms with Crippen LogP contribution in [0.1, 0.15) is 0 Å². The lowest BCUT2D eigenvalue weighted by Gasteiger charge is -1.93. The molecule has 82 valence electrons. The zero-order chi connectivity index (χ0) is 10.6. The second kappa shape index (κ2) is 22.8. The zero-order valence-electron chi connectivity index (χ0n) is 8.03. The molecule has 0 aliphatic carbocycles. The number of halogens is 3. The second-order valence-corrected chi connectivity index (χ2v) is 2.14. The number of carbonyl (C=O) groups is 2. The van der Waals surface area contributed by atoms with Crippen molar-refractivity contribution in [2.24, 2.45) is 0 Å². The molecule has 4 nitrogen and oxygen atoms in total. The molecular formula is C6H15Br3N2O2. The van der Waals surface area contributed by atoms with E-state index in [2.05, 4.69) is 28.3 Å². The third-order valence-electron chi connectivity index (χ3n) is 0.422. The fourth-order valence-corrected chi connectivity index (χ4v) is 0. The highest BCUT2D eigenvalue weighted by molar-refractivity contribution is 9.93. The van der Waals surface area contributed by atoms with Gasteiger partial charge in [0.15, 0.2) is 0 Å². The van der Waals surface area contributed by atoms with Gasteiger partial charge in [0.1, 0.15) is 0 Å². The fourth-order valence-electron chi connectivity index (χ4n) is 0. The van der Waals surface area contributed by atoms with E-state index in [0.29, 0.717) is 0 Å². The number of amides is 2. The Bertz CT molecular complexity index is 89.9. The first-order valence-electron chi connectivity index (χ1n) is 2.92. The van der Waals surface area contributed by atoms with Crippen LogP contribution in [0, 0.1) is 0 Å². The summed E-state index contributed by atoms with van der Waals surface area (Å²) in [6.45, 7) is 0. The van der Waals surface area contributed by atoms with E-state index in [0.717, 1.165) is 12.8 Å². The maximum Gasteiger partial charge on any atom is 0.209 e. The van der Waals surface area contributed by atoms with Crippen LogP contribution in [0.4, 0.5) is 0 Å². The molecule has 0 aromatic carbocycles. The maximum absolute atomic E-state index is 9.43. The molecule has 0 spiro atoms. The fraction of sp³-hybridized carbons (Fsp3) is 0.667. The summed E-state index contributed by atoms with van der Waals surface area (Å²) >= 11 is 5.50. The van der Waals surface area contributed by atoms with Crippen molar-refractivity contribution >= 4 is 58.1 Å². The third kappa shape index (κ3) is 69.5. The van der Waals surface area contributed by atoms with E-state index in [9.17, 15) is 9.59 Å². The lowest BCUT2D eigenvalue weighted by molar-refractivity contribution is -0.116. The molecule has 0 unspecified atom stereocenters. The summed E-state index contributed by atoms with van der Waals surface area (Å²) in [6, 6.07) is 0. The molecule has 0 bridgehead atoms. The molecule has 13 heavy (non-hydrogen) atoms. The number of rotatable bonds is 2. The molecular weight excluding hydrogens is 372 g/mol. The first-order chi connectivity index (χ1) is 5.54. The van der Waals surface area contributed by atoms with Gasteiger partial charge in [0.2, 0.25) is 12.8 Å². The number of carbonyl (C=O) groups excluding carboxylic acids is 2. The Balaban J connectivity index is -0.0000000491. The monoisotopic (exact) mass is 384 g/mol. The van der Waals surface area contributed by atoms with E-state index in [1.807, 2.05) is 0 Å². The Hall–Kier alpha value is 0.380. The van der Waals surface area contributed by atoms with Gasteiger partial charge in [-0.25, -0.2) is 0 Å². The molecule has 0 rings (SSSR count). The van der Waals surface area contributed by atoms with Gasteiger partial charge in [-0.3, -0.25) is 9.59 Å². The van der Waals surface area contributed by atoms with Crippen LogP contribution in [0.25, 0.3) is 0 Å². The van der Waals surface area contributed by atoms with Gasteiger partial charge in [-0.1, -0.05) is 0 Å². The molecule has 2 amide bonds. The molecule has 0 radical (unpaired) electrons. The van der Waals surface area contributed by atoms with Crippen molar-refractivity contribution in [3.63, 3.8) is 0 Å². The molecule has 0 fully saturated rings. The minimum Gasteiger partial charge on any atom is -0.351 e. The SMILES string of the molecule is Br.BrBr.CN(C)C=O.CN(C)C=O. The summed E-state index contributed by atoms with van der Waals surface area (Å²) in [5, 5.41) is 0. The summed E-state index contributed by atoms with van der Waals surface area (Å²) in [5.41, 5.74) is 0. The lowest BCUT2D eigenvalue weighted by Crippen LogP contribution is -2.06. The Morgan fingerprint density at radius 2 is 0.923 bits per heavy atom.